The van der Waals surface area contributed by atoms with Gasteiger partial charge in [-0.25, -0.2) is 0 Å². The van der Waals surface area contributed by atoms with E-state index in [2.05, 4.69) is 59.3 Å². The molecule has 0 aliphatic carbocycles. The van der Waals surface area contributed by atoms with E-state index in [-0.39, 0.29) is 11.9 Å². The molecule has 1 unspecified atom stereocenters. The van der Waals surface area contributed by atoms with Gasteiger partial charge in [-0.15, -0.1) is 11.3 Å². The van der Waals surface area contributed by atoms with Gasteiger partial charge in [-0.1, -0.05) is 24.3 Å². The highest BCUT2D eigenvalue weighted by Gasteiger charge is 2.18. The van der Waals surface area contributed by atoms with Crippen molar-refractivity contribution >= 4 is 22.9 Å². The Kier molecular flexibility index (Phi) is 8.38. The molecule has 0 saturated carbocycles. The number of nitrogens with one attached hydrogen (secondary N) is 3. The number of hydrogen-bond acceptors (Lipinski definition) is 5. The Bertz CT molecular complexity index is 1090. The van der Waals surface area contributed by atoms with Crippen LogP contribution in [0, 0.1) is 13.8 Å². The molecule has 180 valence electrons. The van der Waals surface area contributed by atoms with Crippen LogP contribution >= 0.6 is 11.3 Å². The van der Waals surface area contributed by atoms with Crippen LogP contribution in [0.4, 0.5) is 5.69 Å². The summed E-state index contributed by atoms with van der Waals surface area (Å²) in [6.07, 6.45) is 2.56. The van der Waals surface area contributed by atoms with Crippen molar-refractivity contribution in [2.75, 3.05) is 31.6 Å². The Hall–Kier alpha value is -2.67. The second-order valence-corrected chi connectivity index (χ2v) is 10.4. The molecule has 2 aromatic carbocycles. The van der Waals surface area contributed by atoms with Gasteiger partial charge < -0.3 is 20.7 Å². The molecule has 0 bridgehead atoms. The van der Waals surface area contributed by atoms with E-state index in [0.717, 1.165) is 48.7 Å². The summed E-state index contributed by atoms with van der Waals surface area (Å²) < 4.78 is 4.94. The van der Waals surface area contributed by atoms with Crippen molar-refractivity contribution < 1.29 is 9.53 Å². The van der Waals surface area contributed by atoms with Crippen molar-refractivity contribution in [1.82, 2.24) is 10.6 Å². The molecule has 0 spiro atoms. The molecule has 3 aromatic rings. The number of aryl methyl sites for hydroxylation is 2. The summed E-state index contributed by atoms with van der Waals surface area (Å²) >= 11 is 1.79. The fraction of sp³-hybridized carbons (Fsp3) is 0.393. The molecule has 0 radical (unpaired) electrons. The van der Waals surface area contributed by atoms with Gasteiger partial charge in [0.1, 0.15) is 0 Å². The van der Waals surface area contributed by atoms with Crippen molar-refractivity contribution in [3.63, 3.8) is 0 Å². The van der Waals surface area contributed by atoms with Gasteiger partial charge in [0.05, 0.1) is 12.1 Å². The molecule has 2 fully saturated rings. The van der Waals surface area contributed by atoms with Crippen LogP contribution in [0.2, 0.25) is 0 Å². The zero-order chi connectivity index (χ0) is 23.9. The molecular formula is C28H35N3O2S. The van der Waals surface area contributed by atoms with Gasteiger partial charge in [0.25, 0.3) is 5.91 Å². The number of rotatable bonds is 6. The van der Waals surface area contributed by atoms with Crippen LogP contribution in [0.25, 0.3) is 10.4 Å². The van der Waals surface area contributed by atoms with Crippen LogP contribution in [0.1, 0.15) is 52.2 Å². The maximum atomic E-state index is 13.0. The lowest BCUT2D eigenvalue weighted by Crippen LogP contribution is -2.51. The van der Waals surface area contributed by atoms with Gasteiger partial charge in [-0.2, -0.15) is 0 Å². The number of ether oxygens (including phenoxy) is 1. The molecule has 1 aromatic heterocycles. The third-order valence-corrected chi connectivity index (χ3v) is 7.27. The molecule has 1 amide bonds. The fourth-order valence-electron chi connectivity index (χ4n) is 4.00. The summed E-state index contributed by atoms with van der Waals surface area (Å²) in [4.78, 5) is 15.5. The van der Waals surface area contributed by atoms with Gasteiger partial charge >= 0.3 is 0 Å². The summed E-state index contributed by atoms with van der Waals surface area (Å²) in [7, 11) is 0. The normalized spacial score (nSPS) is 16.2. The highest BCUT2D eigenvalue weighted by molar-refractivity contribution is 7.15. The smallest absolute Gasteiger partial charge is 0.252 e. The molecule has 34 heavy (non-hydrogen) atoms. The molecule has 6 heteroatoms. The van der Waals surface area contributed by atoms with Gasteiger partial charge in [-0.05, 0) is 80.6 Å². The Morgan fingerprint density at radius 3 is 2.47 bits per heavy atom. The third kappa shape index (κ3) is 6.47. The van der Waals surface area contributed by atoms with E-state index < -0.39 is 0 Å². The predicted octanol–water partition coefficient (Wildman–Crippen LogP) is 5.70. The van der Waals surface area contributed by atoms with Crippen molar-refractivity contribution in [2.24, 2.45) is 0 Å². The van der Waals surface area contributed by atoms with Crippen molar-refractivity contribution in [1.29, 1.82) is 0 Å². The quantitative estimate of drug-likeness (QED) is 0.426. The first-order valence-electron chi connectivity index (χ1n) is 12.1. The summed E-state index contributed by atoms with van der Waals surface area (Å²) in [5.41, 5.74) is 5.00. The van der Waals surface area contributed by atoms with Crippen LogP contribution in [0.15, 0.2) is 54.6 Å². The number of benzene rings is 2. The van der Waals surface area contributed by atoms with Crippen molar-refractivity contribution in [3.05, 3.63) is 76.2 Å². The lowest BCUT2D eigenvalue weighted by molar-refractivity contribution is 0.0939. The number of hydrogen-bond donors (Lipinski definition) is 3. The average molecular weight is 478 g/mol. The third-order valence-electron chi connectivity index (χ3n) is 6.22. The van der Waals surface area contributed by atoms with Crippen LogP contribution < -0.4 is 16.0 Å². The van der Waals surface area contributed by atoms with Crippen molar-refractivity contribution in [3.8, 4) is 10.4 Å². The zero-order valence-electron chi connectivity index (χ0n) is 20.3. The largest absolute Gasteiger partial charge is 0.381 e. The van der Waals surface area contributed by atoms with Gasteiger partial charge in [-0.3, -0.25) is 4.79 Å². The fourth-order valence-corrected chi connectivity index (χ4v) is 4.87. The van der Waals surface area contributed by atoms with Gasteiger partial charge in [0.15, 0.2) is 0 Å². The number of anilines is 1. The Morgan fingerprint density at radius 2 is 1.85 bits per heavy atom. The first-order valence-corrected chi connectivity index (χ1v) is 12.9. The molecule has 2 saturated heterocycles. The lowest BCUT2D eigenvalue weighted by Gasteiger charge is -2.29. The number of carbonyl (C=O) groups is 1. The van der Waals surface area contributed by atoms with Gasteiger partial charge in [0, 0.05) is 47.3 Å². The predicted molar refractivity (Wildman–Crippen MR) is 142 cm³/mol. The molecule has 3 heterocycles. The second-order valence-electron chi connectivity index (χ2n) is 9.08. The van der Waals surface area contributed by atoms with Crippen LogP contribution in [-0.4, -0.2) is 38.3 Å². The monoisotopic (exact) mass is 477 g/mol. The molecule has 5 rings (SSSR count). The van der Waals surface area contributed by atoms with E-state index >= 15 is 0 Å². The number of thiophene rings is 1. The molecule has 5 nitrogen and oxygen atoms in total. The molecule has 1 atom stereocenters. The van der Waals surface area contributed by atoms with E-state index in [1.54, 1.807) is 11.3 Å². The molecular weight excluding hydrogens is 442 g/mol. The van der Waals surface area contributed by atoms with E-state index in [1.165, 1.54) is 28.2 Å². The van der Waals surface area contributed by atoms with E-state index in [1.807, 2.05) is 32.0 Å². The van der Waals surface area contributed by atoms with E-state index in [9.17, 15) is 4.79 Å². The minimum atomic E-state index is -0.0737. The first kappa shape index (κ1) is 24.5. The molecule has 3 N–H and O–H groups in total. The maximum Gasteiger partial charge on any atom is 0.252 e. The summed E-state index contributed by atoms with van der Waals surface area (Å²) in [5.74, 6) is -0.0391. The van der Waals surface area contributed by atoms with Crippen LogP contribution in [-0.2, 0) is 4.74 Å². The van der Waals surface area contributed by atoms with Crippen LogP contribution in [0.5, 0.6) is 0 Å². The zero-order valence-corrected chi connectivity index (χ0v) is 21.1. The van der Waals surface area contributed by atoms with Crippen molar-refractivity contribution in [2.45, 2.75) is 45.7 Å². The highest BCUT2D eigenvalue weighted by atomic mass is 32.1. The summed E-state index contributed by atoms with van der Waals surface area (Å²) in [5, 5.41) is 9.89. The minimum Gasteiger partial charge on any atom is -0.381 e. The molecule has 2 aliphatic heterocycles. The minimum absolute atomic E-state index is 0.0391. The summed E-state index contributed by atoms with van der Waals surface area (Å²) in [6, 6.07) is 19.1. The first-order chi connectivity index (χ1) is 16.5. The van der Waals surface area contributed by atoms with E-state index in [4.69, 9.17) is 4.74 Å². The molecule has 2 aliphatic rings. The highest BCUT2D eigenvalue weighted by Crippen LogP contribution is 2.29. The lowest BCUT2D eigenvalue weighted by atomic mass is 10.0. The van der Waals surface area contributed by atoms with Crippen LogP contribution in [0.3, 0.4) is 0 Å². The topological polar surface area (TPSA) is 62.4 Å². The Morgan fingerprint density at radius 1 is 1.06 bits per heavy atom. The average Bonchev–Trinajstić information content (AvgIpc) is 3.52. The Balaban J connectivity index is 0.000000486. The second kappa shape index (κ2) is 11.6. The maximum absolute atomic E-state index is 13.0. The Labute approximate surface area is 206 Å². The van der Waals surface area contributed by atoms with Gasteiger partial charge in [0.2, 0.25) is 0 Å². The number of carbonyl (C=O) groups excluding carboxylic acids is 1. The number of amides is 1. The summed E-state index contributed by atoms with van der Waals surface area (Å²) in [6.45, 7) is 10.1. The SMILES string of the molecule is C1CCOC1.Cc1ccc(-c2cccc(C(C)NC(=O)c3cc(NC4CNC4)ccc3C)c2)s1. The van der Waals surface area contributed by atoms with E-state index in [0.29, 0.717) is 6.04 Å². The standard InChI is InChI=1S/C24H27N3OS.C4H8O/c1-15-7-9-20(27-21-13-25-14-21)12-22(15)24(28)26-17(3)18-5-4-6-19(11-18)23-10-8-16(2)29-23;1-2-4-5-3-1/h4-12,17,21,25,27H,13-14H2,1-3H3,(H,26,28);1-4H2.